The van der Waals surface area contributed by atoms with E-state index in [1.165, 1.54) is 18.6 Å². The van der Waals surface area contributed by atoms with Crippen LogP contribution in [0.4, 0.5) is 4.39 Å². The van der Waals surface area contributed by atoms with E-state index in [-0.39, 0.29) is 5.02 Å². The van der Waals surface area contributed by atoms with Gasteiger partial charge in [-0.2, -0.15) is 0 Å². The topological polar surface area (TPSA) is 51.8 Å². The molecule has 0 aliphatic heterocycles. The largest absolute Gasteiger partial charge is 0.319 e. The molecule has 1 atom stereocenters. The Labute approximate surface area is 111 Å². The first kappa shape index (κ1) is 12.4. The van der Waals surface area contributed by atoms with Gasteiger partial charge in [-0.25, -0.2) is 4.39 Å². The first-order chi connectivity index (χ1) is 8.11. The van der Waals surface area contributed by atoms with Crippen molar-refractivity contribution in [3.63, 3.8) is 0 Å². The molecule has 0 bridgehead atoms. The first-order valence-electron chi connectivity index (χ1n) is 4.76. The lowest BCUT2D eigenvalue weighted by molar-refractivity contribution is 0.596. The van der Waals surface area contributed by atoms with E-state index in [1.807, 2.05) is 0 Å². The summed E-state index contributed by atoms with van der Waals surface area (Å²) in [4.78, 5) is 7.93. The lowest BCUT2D eigenvalue weighted by Gasteiger charge is -2.13. The van der Waals surface area contributed by atoms with Gasteiger partial charge in [0.2, 0.25) is 0 Å². The average Bonchev–Trinajstić information content (AvgIpc) is 2.36. The van der Waals surface area contributed by atoms with Crippen molar-refractivity contribution in [2.24, 2.45) is 5.73 Å². The lowest BCUT2D eigenvalue weighted by Crippen LogP contribution is -2.15. The maximum absolute atomic E-state index is 13.9. The van der Waals surface area contributed by atoms with Crippen LogP contribution in [-0.4, -0.2) is 9.97 Å². The molecule has 0 aliphatic carbocycles. The molecule has 1 unspecified atom stereocenters. The van der Waals surface area contributed by atoms with Crippen LogP contribution in [0.1, 0.15) is 17.3 Å². The number of hydrogen-bond acceptors (Lipinski definition) is 3. The summed E-state index contributed by atoms with van der Waals surface area (Å²) in [5.41, 5.74) is 6.70. The molecular weight excluding hydrogens is 308 g/mol. The highest BCUT2D eigenvalue weighted by atomic mass is 79.9. The monoisotopic (exact) mass is 315 g/mol. The van der Waals surface area contributed by atoms with E-state index in [2.05, 4.69) is 25.9 Å². The van der Waals surface area contributed by atoms with Crippen molar-refractivity contribution in [1.82, 2.24) is 9.97 Å². The van der Waals surface area contributed by atoms with Gasteiger partial charge < -0.3 is 5.73 Å². The second-order valence-corrected chi connectivity index (χ2v) is 4.60. The fraction of sp³-hybridized carbons (Fsp3) is 0.0909. The van der Waals surface area contributed by atoms with E-state index >= 15 is 0 Å². The van der Waals surface area contributed by atoms with E-state index in [9.17, 15) is 4.39 Å². The fourth-order valence-electron chi connectivity index (χ4n) is 1.41. The SMILES string of the molecule is NC(c1cnccn1)c1ccc(Br)c(Cl)c1F. The Morgan fingerprint density at radius 1 is 1.35 bits per heavy atom. The zero-order valence-corrected chi connectivity index (χ0v) is 10.9. The Bertz CT molecular complexity index is 536. The molecule has 2 N–H and O–H groups in total. The molecule has 0 saturated carbocycles. The molecule has 1 aromatic carbocycles. The minimum absolute atomic E-state index is 0.0156. The average molecular weight is 317 g/mol. The molecule has 0 aliphatic rings. The summed E-state index contributed by atoms with van der Waals surface area (Å²) in [6.07, 6.45) is 4.54. The summed E-state index contributed by atoms with van der Waals surface area (Å²) in [6.45, 7) is 0. The van der Waals surface area contributed by atoms with E-state index < -0.39 is 11.9 Å². The first-order valence-corrected chi connectivity index (χ1v) is 5.93. The van der Waals surface area contributed by atoms with E-state index in [0.717, 1.165) is 0 Å². The van der Waals surface area contributed by atoms with Crippen molar-refractivity contribution in [1.29, 1.82) is 0 Å². The highest BCUT2D eigenvalue weighted by Gasteiger charge is 2.18. The van der Waals surface area contributed by atoms with E-state index in [0.29, 0.717) is 15.7 Å². The second kappa shape index (κ2) is 5.08. The number of nitrogens with two attached hydrogens (primary N) is 1. The Morgan fingerprint density at radius 2 is 2.12 bits per heavy atom. The number of rotatable bonds is 2. The molecule has 0 fully saturated rings. The molecule has 3 nitrogen and oxygen atoms in total. The maximum Gasteiger partial charge on any atom is 0.148 e. The van der Waals surface area contributed by atoms with Crippen LogP contribution in [0, 0.1) is 5.82 Å². The number of benzene rings is 1. The molecule has 0 saturated heterocycles. The zero-order chi connectivity index (χ0) is 12.4. The van der Waals surface area contributed by atoms with Crippen LogP contribution in [0.25, 0.3) is 0 Å². The van der Waals surface area contributed by atoms with Gasteiger partial charge in [-0.15, -0.1) is 0 Å². The summed E-state index contributed by atoms with van der Waals surface area (Å²) in [6, 6.07) is 2.54. The quantitative estimate of drug-likeness (QED) is 0.866. The molecule has 1 aromatic heterocycles. The van der Waals surface area contributed by atoms with Crippen LogP contribution in [0.3, 0.4) is 0 Å². The molecule has 0 amide bonds. The third-order valence-corrected chi connectivity index (χ3v) is 3.56. The minimum atomic E-state index is -0.686. The number of hydrogen-bond donors (Lipinski definition) is 1. The summed E-state index contributed by atoms with van der Waals surface area (Å²) < 4.78 is 14.4. The van der Waals surface area contributed by atoms with Crippen LogP contribution < -0.4 is 5.73 Å². The van der Waals surface area contributed by atoms with Crippen LogP contribution in [0.2, 0.25) is 5.02 Å². The van der Waals surface area contributed by atoms with Gasteiger partial charge in [0.15, 0.2) is 0 Å². The maximum atomic E-state index is 13.9. The zero-order valence-electron chi connectivity index (χ0n) is 8.57. The van der Waals surface area contributed by atoms with Crippen molar-refractivity contribution in [3.8, 4) is 0 Å². The Morgan fingerprint density at radius 3 is 2.76 bits per heavy atom. The smallest absolute Gasteiger partial charge is 0.148 e. The van der Waals surface area contributed by atoms with Gasteiger partial charge in [-0.05, 0) is 22.0 Å². The van der Waals surface area contributed by atoms with Crippen molar-refractivity contribution >= 4 is 27.5 Å². The number of aromatic nitrogens is 2. The van der Waals surface area contributed by atoms with Crippen LogP contribution in [0.5, 0.6) is 0 Å². The number of halogens is 3. The Kier molecular flexibility index (Phi) is 3.71. The van der Waals surface area contributed by atoms with Gasteiger partial charge in [0.25, 0.3) is 0 Å². The van der Waals surface area contributed by atoms with Crippen molar-refractivity contribution in [2.45, 2.75) is 6.04 Å². The Balaban J connectivity index is 2.45. The predicted molar refractivity (Wildman–Crippen MR) is 67.2 cm³/mol. The summed E-state index contributed by atoms with van der Waals surface area (Å²) in [7, 11) is 0. The van der Waals surface area contributed by atoms with E-state index in [4.69, 9.17) is 17.3 Å². The predicted octanol–water partition coefficient (Wildman–Crippen LogP) is 3.08. The molecular formula is C11H8BrClFN3. The highest BCUT2D eigenvalue weighted by Crippen LogP contribution is 2.31. The highest BCUT2D eigenvalue weighted by molar-refractivity contribution is 9.10. The number of nitrogens with zero attached hydrogens (tertiary/aromatic N) is 2. The van der Waals surface area contributed by atoms with Gasteiger partial charge in [0, 0.05) is 22.4 Å². The van der Waals surface area contributed by atoms with Crippen molar-refractivity contribution < 1.29 is 4.39 Å². The van der Waals surface area contributed by atoms with Crippen LogP contribution >= 0.6 is 27.5 Å². The fourth-order valence-corrected chi connectivity index (χ4v) is 1.89. The van der Waals surface area contributed by atoms with Crippen molar-refractivity contribution in [3.05, 3.63) is 57.3 Å². The standard InChI is InChI=1S/C11H8BrClFN3/c12-7-2-1-6(10(14)9(7)13)11(15)8-5-16-3-4-17-8/h1-5,11H,15H2. The molecule has 17 heavy (non-hydrogen) atoms. The Hall–Kier alpha value is -1.04. The van der Waals surface area contributed by atoms with Gasteiger partial charge >= 0.3 is 0 Å². The molecule has 6 heteroatoms. The van der Waals surface area contributed by atoms with Gasteiger partial charge in [0.05, 0.1) is 23.0 Å². The molecule has 0 radical (unpaired) electrons. The summed E-state index contributed by atoms with van der Waals surface area (Å²) in [5, 5.41) is 0.0156. The molecule has 88 valence electrons. The van der Waals surface area contributed by atoms with Gasteiger partial charge in [-0.3, -0.25) is 9.97 Å². The van der Waals surface area contributed by atoms with Crippen LogP contribution in [-0.2, 0) is 0 Å². The molecule has 0 spiro atoms. The molecule has 1 heterocycles. The normalized spacial score (nSPS) is 12.5. The summed E-state index contributed by atoms with van der Waals surface area (Å²) >= 11 is 8.95. The van der Waals surface area contributed by atoms with Gasteiger partial charge in [0.1, 0.15) is 5.82 Å². The molecule has 2 aromatic rings. The second-order valence-electron chi connectivity index (χ2n) is 3.37. The third-order valence-electron chi connectivity index (χ3n) is 2.30. The van der Waals surface area contributed by atoms with Gasteiger partial charge in [-0.1, -0.05) is 17.7 Å². The minimum Gasteiger partial charge on any atom is -0.319 e. The summed E-state index contributed by atoms with van der Waals surface area (Å²) in [5.74, 6) is -0.542. The third kappa shape index (κ3) is 2.46. The van der Waals surface area contributed by atoms with Crippen LogP contribution in [0.15, 0.2) is 35.2 Å². The molecule has 2 rings (SSSR count). The van der Waals surface area contributed by atoms with E-state index in [1.54, 1.807) is 12.1 Å². The lowest BCUT2D eigenvalue weighted by atomic mass is 10.0. The van der Waals surface area contributed by atoms with Crippen molar-refractivity contribution in [2.75, 3.05) is 0 Å².